The summed E-state index contributed by atoms with van der Waals surface area (Å²) in [7, 11) is 0. The van der Waals surface area contributed by atoms with Crippen LogP contribution in [0.15, 0.2) is 106 Å². The third kappa shape index (κ3) is 4.75. The molecule has 0 saturated carbocycles. The Morgan fingerprint density at radius 3 is 2.49 bits per heavy atom. The van der Waals surface area contributed by atoms with Crippen LogP contribution in [0.5, 0.6) is 0 Å². The lowest BCUT2D eigenvalue weighted by molar-refractivity contribution is 0.497. The Morgan fingerprint density at radius 1 is 0.756 bits per heavy atom. The molecule has 3 aliphatic carbocycles. The number of imidazole rings is 1. The molecule has 5 nitrogen and oxygen atoms in total. The minimum absolute atomic E-state index is 0.253. The van der Waals surface area contributed by atoms with Gasteiger partial charge in [-0.3, -0.25) is 4.99 Å². The maximum Gasteiger partial charge on any atom is 0.156 e. The van der Waals surface area contributed by atoms with Crippen molar-refractivity contribution in [1.29, 1.82) is 0 Å². The predicted molar refractivity (Wildman–Crippen MR) is 185 cm³/mol. The second-order valence-electron chi connectivity index (χ2n) is 13.4. The largest absolute Gasteiger partial charge is 0.309 e. The van der Waals surface area contributed by atoms with Gasteiger partial charge in [0.1, 0.15) is 5.82 Å². The first kappa shape index (κ1) is 27.0. The van der Waals surface area contributed by atoms with E-state index in [0.29, 0.717) is 17.8 Å². The number of aromatic nitrogens is 2. The molecule has 6 aliphatic rings. The van der Waals surface area contributed by atoms with Crippen molar-refractivity contribution in [2.24, 2.45) is 32.7 Å². The van der Waals surface area contributed by atoms with Crippen LogP contribution in [-0.4, -0.2) is 32.9 Å². The molecule has 3 aromatic rings. The quantitative estimate of drug-likeness (QED) is 0.280. The third-order valence-electron chi connectivity index (χ3n) is 10.7. The van der Waals surface area contributed by atoms with E-state index in [1.807, 2.05) is 0 Å². The molecule has 0 N–H and O–H groups in total. The summed E-state index contributed by atoms with van der Waals surface area (Å²) < 4.78 is 2.37. The van der Waals surface area contributed by atoms with Crippen LogP contribution in [0.2, 0.25) is 0 Å². The van der Waals surface area contributed by atoms with Crippen molar-refractivity contribution in [3.63, 3.8) is 0 Å². The number of hydrogen-bond donors (Lipinski definition) is 0. The van der Waals surface area contributed by atoms with E-state index in [1.165, 1.54) is 34.5 Å². The Balaban J connectivity index is 1.01. The van der Waals surface area contributed by atoms with Crippen LogP contribution in [0.4, 0.5) is 5.82 Å². The topological polar surface area (TPSA) is 54.9 Å². The first-order valence-electron chi connectivity index (χ1n) is 17.0. The van der Waals surface area contributed by atoms with E-state index in [4.69, 9.17) is 20.0 Å². The van der Waals surface area contributed by atoms with Crippen molar-refractivity contribution in [3.8, 4) is 0 Å². The van der Waals surface area contributed by atoms with Gasteiger partial charge in [0.2, 0.25) is 0 Å². The van der Waals surface area contributed by atoms with Crippen LogP contribution < -0.4 is 0 Å². The first-order valence-corrected chi connectivity index (χ1v) is 17.0. The van der Waals surface area contributed by atoms with Crippen molar-refractivity contribution in [3.05, 3.63) is 119 Å². The molecule has 5 atom stereocenters. The maximum atomic E-state index is 5.43. The molecule has 3 aliphatic heterocycles. The molecular weight excluding hydrogens is 550 g/mol. The van der Waals surface area contributed by atoms with Crippen LogP contribution in [0.25, 0.3) is 11.6 Å². The molecule has 1 aromatic heterocycles. The number of fused-ring (bicyclic) bond motifs is 6. The van der Waals surface area contributed by atoms with Crippen molar-refractivity contribution in [2.45, 2.75) is 69.9 Å². The number of amidine groups is 1. The fraction of sp³-hybridized carbons (Fsp3) is 0.350. The van der Waals surface area contributed by atoms with Crippen LogP contribution in [0.3, 0.4) is 0 Å². The molecule has 2 aromatic carbocycles. The lowest BCUT2D eigenvalue weighted by Gasteiger charge is -2.36. The van der Waals surface area contributed by atoms with E-state index in [-0.39, 0.29) is 12.0 Å². The number of hydrogen-bond acceptors (Lipinski definition) is 4. The van der Waals surface area contributed by atoms with E-state index in [1.54, 1.807) is 0 Å². The zero-order chi connectivity index (χ0) is 29.7. The summed E-state index contributed by atoms with van der Waals surface area (Å²) in [6.45, 7) is 0.990. The van der Waals surface area contributed by atoms with Gasteiger partial charge in [0.05, 0.1) is 17.4 Å². The minimum atomic E-state index is 0.253. The molecule has 0 amide bonds. The average molecular weight is 590 g/mol. The van der Waals surface area contributed by atoms with Gasteiger partial charge >= 0.3 is 0 Å². The van der Waals surface area contributed by atoms with Gasteiger partial charge in [-0.2, -0.15) is 0 Å². The van der Waals surface area contributed by atoms with Gasteiger partial charge < -0.3 is 4.57 Å². The minimum Gasteiger partial charge on any atom is -0.309 e. The van der Waals surface area contributed by atoms with E-state index < -0.39 is 0 Å². The van der Waals surface area contributed by atoms with Crippen LogP contribution in [0, 0.1) is 17.8 Å². The highest BCUT2D eigenvalue weighted by Gasteiger charge is 2.40. The smallest absolute Gasteiger partial charge is 0.156 e. The van der Waals surface area contributed by atoms with Gasteiger partial charge in [-0.1, -0.05) is 85.0 Å². The molecule has 5 unspecified atom stereocenters. The Morgan fingerprint density at radius 2 is 1.60 bits per heavy atom. The number of aliphatic imine (C=N–C) groups is 3. The fourth-order valence-electron chi connectivity index (χ4n) is 8.43. The Hall–Kier alpha value is -4.38. The zero-order valence-corrected chi connectivity index (χ0v) is 25.7. The molecule has 4 heterocycles. The zero-order valence-electron chi connectivity index (χ0n) is 25.7. The fourth-order valence-corrected chi connectivity index (χ4v) is 8.43. The highest BCUT2D eigenvalue weighted by molar-refractivity contribution is 6.15. The summed E-state index contributed by atoms with van der Waals surface area (Å²) in [4.78, 5) is 21.0. The Bertz CT molecular complexity index is 1860. The summed E-state index contributed by atoms with van der Waals surface area (Å²) in [5, 5.41) is 0. The molecule has 0 radical (unpaired) electrons. The summed E-state index contributed by atoms with van der Waals surface area (Å²) in [5.41, 5.74) is 8.83. The average Bonchev–Trinajstić information content (AvgIpc) is 3.50. The van der Waals surface area contributed by atoms with Crippen molar-refractivity contribution >= 4 is 34.7 Å². The molecule has 9 rings (SSSR count). The lowest BCUT2D eigenvalue weighted by atomic mass is 9.71. The van der Waals surface area contributed by atoms with Crippen molar-refractivity contribution in [2.75, 3.05) is 0 Å². The predicted octanol–water partition coefficient (Wildman–Crippen LogP) is 8.90. The second-order valence-corrected chi connectivity index (χ2v) is 13.4. The van der Waals surface area contributed by atoms with Crippen LogP contribution in [-0.2, 0) is 6.54 Å². The van der Waals surface area contributed by atoms with E-state index >= 15 is 0 Å². The summed E-state index contributed by atoms with van der Waals surface area (Å²) in [6, 6.07) is 19.9. The van der Waals surface area contributed by atoms with Crippen LogP contribution >= 0.6 is 0 Å². The molecule has 5 heteroatoms. The van der Waals surface area contributed by atoms with Crippen molar-refractivity contribution in [1.82, 2.24) is 9.55 Å². The molecule has 0 saturated heterocycles. The van der Waals surface area contributed by atoms with Gasteiger partial charge in [-0.15, -0.1) is 0 Å². The molecule has 0 bridgehead atoms. The summed E-state index contributed by atoms with van der Waals surface area (Å²) in [6.07, 6.45) is 25.1. The van der Waals surface area contributed by atoms with Gasteiger partial charge in [-0.05, 0) is 80.2 Å². The van der Waals surface area contributed by atoms with E-state index in [2.05, 4.69) is 102 Å². The first-order chi connectivity index (χ1) is 22.3. The maximum absolute atomic E-state index is 5.43. The Kier molecular flexibility index (Phi) is 6.72. The van der Waals surface area contributed by atoms with Gasteiger partial charge in [-0.25, -0.2) is 15.0 Å². The van der Waals surface area contributed by atoms with Crippen molar-refractivity contribution < 1.29 is 0 Å². The second kappa shape index (κ2) is 11.2. The highest BCUT2D eigenvalue weighted by atomic mass is 15.2. The number of benzene rings is 2. The monoisotopic (exact) mass is 589 g/mol. The molecular formula is C40H39N5. The molecule has 0 fully saturated rings. The van der Waals surface area contributed by atoms with E-state index in [0.717, 1.165) is 80.2 Å². The normalized spacial score (nSPS) is 28.1. The van der Waals surface area contributed by atoms with E-state index in [9.17, 15) is 0 Å². The van der Waals surface area contributed by atoms with Gasteiger partial charge in [0, 0.05) is 41.5 Å². The molecule has 0 spiro atoms. The molecule has 224 valence electrons. The number of allylic oxidation sites excluding steroid dienone is 6. The standard InChI is InChI=1S/C40H39N5/c1-2-11-27(12-3-1)37-33-17-6-7-18-34(33)41-39(43-37)30-14-10-13-29(25-30)26-20-22-28(23-21-26)36-31-15-4-5-16-32(31)38-40(44-36)45-24-9-8-19-35(45)42-38/h1-4,6,8,10-15,17,19-20,25,28,31-34H,5,7,9,16,18,21-24H2. The summed E-state index contributed by atoms with van der Waals surface area (Å²) >= 11 is 0. The third-order valence-corrected chi connectivity index (χ3v) is 10.7. The Labute approximate surface area is 265 Å². The lowest BCUT2D eigenvalue weighted by Crippen LogP contribution is -2.33. The summed E-state index contributed by atoms with van der Waals surface area (Å²) in [5.74, 6) is 4.69. The SMILES string of the molecule is C1=CC2C(c3ccccc3)=NC(c3cccc(C4=CCC(C5=Nc6c(nc7n6CCC=C7)C6CCC=CC56)CC4)c3)=NC2CC1. The molecule has 45 heavy (non-hydrogen) atoms. The highest BCUT2D eigenvalue weighted by Crippen LogP contribution is 2.47. The van der Waals surface area contributed by atoms with Gasteiger partial charge in [0.15, 0.2) is 11.7 Å². The van der Waals surface area contributed by atoms with Crippen LogP contribution in [0.1, 0.15) is 85.5 Å². The van der Waals surface area contributed by atoms with Gasteiger partial charge in [0.25, 0.3) is 0 Å². The number of rotatable bonds is 4. The number of nitrogens with zero attached hydrogens (tertiary/aromatic N) is 5.